The monoisotopic (exact) mass is 245 g/mol. The Morgan fingerprint density at radius 2 is 2.11 bits per heavy atom. The molecule has 1 aliphatic rings. The minimum Gasteiger partial charge on any atom is -0.365 e. The van der Waals surface area contributed by atoms with Gasteiger partial charge in [-0.1, -0.05) is 0 Å². The molecule has 5 nitrogen and oxygen atoms in total. The second kappa shape index (κ2) is 5.78. The Morgan fingerprint density at radius 1 is 1.28 bits per heavy atom. The zero-order chi connectivity index (χ0) is 13.0. The van der Waals surface area contributed by atoms with Crippen LogP contribution in [0.5, 0.6) is 0 Å². The summed E-state index contributed by atoms with van der Waals surface area (Å²) in [6.07, 6.45) is 3.31. The Bertz CT molecular complexity index is 455. The minimum atomic E-state index is 0.378. The highest BCUT2D eigenvalue weighted by atomic mass is 15.2. The van der Waals surface area contributed by atoms with Gasteiger partial charge in [0.05, 0.1) is 5.69 Å². The molecule has 1 fully saturated rings. The maximum Gasteiger partial charge on any atom is 0.167 e. The van der Waals surface area contributed by atoms with E-state index < -0.39 is 0 Å². The molecule has 18 heavy (non-hydrogen) atoms. The SMILES string of the molecule is Cc1nnc(NC2CCCNCC2)c(C#N)c1C. The Morgan fingerprint density at radius 3 is 2.89 bits per heavy atom. The molecule has 1 aliphatic heterocycles. The van der Waals surface area contributed by atoms with Crippen LogP contribution < -0.4 is 10.6 Å². The van der Waals surface area contributed by atoms with Crippen molar-refractivity contribution in [2.75, 3.05) is 18.4 Å². The first-order valence-corrected chi connectivity index (χ1v) is 6.43. The third kappa shape index (κ3) is 2.77. The van der Waals surface area contributed by atoms with E-state index >= 15 is 0 Å². The molecule has 0 aliphatic carbocycles. The number of hydrogen-bond donors (Lipinski definition) is 2. The minimum absolute atomic E-state index is 0.378. The van der Waals surface area contributed by atoms with Gasteiger partial charge in [-0.05, 0) is 51.8 Å². The summed E-state index contributed by atoms with van der Waals surface area (Å²) < 4.78 is 0. The first kappa shape index (κ1) is 12.8. The van der Waals surface area contributed by atoms with E-state index in [0.717, 1.165) is 43.6 Å². The summed E-state index contributed by atoms with van der Waals surface area (Å²) >= 11 is 0. The van der Waals surface area contributed by atoms with Gasteiger partial charge >= 0.3 is 0 Å². The summed E-state index contributed by atoms with van der Waals surface area (Å²) in [5.74, 6) is 0.632. The van der Waals surface area contributed by atoms with Gasteiger partial charge in [-0.15, -0.1) is 5.10 Å². The van der Waals surface area contributed by atoms with E-state index in [2.05, 4.69) is 26.9 Å². The molecule has 1 aromatic heterocycles. The molecule has 1 saturated heterocycles. The van der Waals surface area contributed by atoms with Gasteiger partial charge in [0.2, 0.25) is 0 Å². The van der Waals surface area contributed by atoms with Crippen molar-refractivity contribution in [3.63, 3.8) is 0 Å². The number of nitrogens with one attached hydrogen (secondary N) is 2. The number of nitrogens with zero attached hydrogens (tertiary/aromatic N) is 3. The van der Waals surface area contributed by atoms with Crippen LogP contribution in [0.15, 0.2) is 0 Å². The largest absolute Gasteiger partial charge is 0.365 e. The average Bonchev–Trinajstić information content (AvgIpc) is 2.63. The molecular formula is C13H19N5. The summed E-state index contributed by atoms with van der Waals surface area (Å²) in [5.41, 5.74) is 2.36. The van der Waals surface area contributed by atoms with Crippen LogP contribution in [-0.4, -0.2) is 29.3 Å². The standard InChI is InChI=1S/C13H19N5/c1-9-10(2)17-18-13(12(9)8-14)16-11-4-3-6-15-7-5-11/h11,15H,3-7H2,1-2H3,(H,16,18). The van der Waals surface area contributed by atoms with Crippen LogP contribution in [0.4, 0.5) is 5.82 Å². The van der Waals surface area contributed by atoms with E-state index in [0.29, 0.717) is 17.4 Å². The highest BCUT2D eigenvalue weighted by Crippen LogP contribution is 2.20. The molecule has 0 saturated carbocycles. The van der Waals surface area contributed by atoms with Crippen LogP contribution in [0.2, 0.25) is 0 Å². The Kier molecular flexibility index (Phi) is 4.11. The molecule has 0 aromatic carbocycles. The van der Waals surface area contributed by atoms with Crippen molar-refractivity contribution in [2.45, 2.75) is 39.2 Å². The van der Waals surface area contributed by atoms with Gasteiger partial charge in [0.15, 0.2) is 5.82 Å². The maximum absolute atomic E-state index is 9.24. The fourth-order valence-electron chi connectivity index (χ4n) is 2.20. The van der Waals surface area contributed by atoms with Gasteiger partial charge in [0, 0.05) is 6.04 Å². The predicted molar refractivity (Wildman–Crippen MR) is 70.4 cm³/mol. The molecule has 1 atom stereocenters. The molecule has 2 rings (SSSR count). The van der Waals surface area contributed by atoms with Gasteiger partial charge in [-0.2, -0.15) is 10.4 Å². The van der Waals surface area contributed by atoms with Crippen LogP contribution in [0.3, 0.4) is 0 Å². The molecule has 0 amide bonds. The number of aromatic nitrogens is 2. The van der Waals surface area contributed by atoms with Crippen LogP contribution in [0.1, 0.15) is 36.1 Å². The summed E-state index contributed by atoms with van der Waals surface area (Å²) in [5, 5.41) is 24.2. The van der Waals surface area contributed by atoms with Crippen molar-refractivity contribution < 1.29 is 0 Å². The zero-order valence-electron chi connectivity index (χ0n) is 11.0. The number of aryl methyl sites for hydroxylation is 1. The third-order valence-corrected chi connectivity index (χ3v) is 3.48. The quantitative estimate of drug-likeness (QED) is 0.826. The highest BCUT2D eigenvalue weighted by molar-refractivity contribution is 5.56. The van der Waals surface area contributed by atoms with Crippen LogP contribution in [-0.2, 0) is 0 Å². The van der Waals surface area contributed by atoms with E-state index in [1.54, 1.807) is 0 Å². The number of rotatable bonds is 2. The van der Waals surface area contributed by atoms with Crippen molar-refractivity contribution in [1.29, 1.82) is 5.26 Å². The van der Waals surface area contributed by atoms with Crippen LogP contribution in [0.25, 0.3) is 0 Å². The normalized spacial score (nSPS) is 19.9. The fraction of sp³-hybridized carbons (Fsp3) is 0.615. The van der Waals surface area contributed by atoms with Crippen molar-refractivity contribution >= 4 is 5.82 Å². The molecule has 0 spiro atoms. The smallest absolute Gasteiger partial charge is 0.167 e. The molecular weight excluding hydrogens is 226 g/mol. The Labute approximate surface area is 108 Å². The lowest BCUT2D eigenvalue weighted by atomic mass is 10.1. The molecule has 0 bridgehead atoms. The molecule has 1 aromatic rings. The number of anilines is 1. The molecule has 2 heterocycles. The fourth-order valence-corrected chi connectivity index (χ4v) is 2.20. The average molecular weight is 245 g/mol. The van der Waals surface area contributed by atoms with Crippen molar-refractivity contribution in [3.05, 3.63) is 16.8 Å². The van der Waals surface area contributed by atoms with Crippen LogP contribution >= 0.6 is 0 Å². The number of nitriles is 1. The Hall–Kier alpha value is -1.67. The van der Waals surface area contributed by atoms with E-state index in [4.69, 9.17) is 0 Å². The molecule has 96 valence electrons. The summed E-state index contributed by atoms with van der Waals surface area (Å²) in [6.45, 7) is 5.88. The van der Waals surface area contributed by atoms with Gasteiger partial charge in [-0.3, -0.25) is 0 Å². The lowest BCUT2D eigenvalue weighted by molar-refractivity contribution is 0.632. The van der Waals surface area contributed by atoms with Crippen molar-refractivity contribution in [1.82, 2.24) is 15.5 Å². The van der Waals surface area contributed by atoms with E-state index in [9.17, 15) is 5.26 Å². The van der Waals surface area contributed by atoms with Gasteiger partial charge in [-0.25, -0.2) is 0 Å². The molecule has 5 heteroatoms. The molecule has 1 unspecified atom stereocenters. The maximum atomic E-state index is 9.24. The van der Waals surface area contributed by atoms with E-state index in [-0.39, 0.29) is 0 Å². The second-order valence-corrected chi connectivity index (χ2v) is 4.77. The van der Waals surface area contributed by atoms with Crippen molar-refractivity contribution in [2.24, 2.45) is 0 Å². The molecule has 2 N–H and O–H groups in total. The van der Waals surface area contributed by atoms with Crippen molar-refractivity contribution in [3.8, 4) is 6.07 Å². The van der Waals surface area contributed by atoms with E-state index in [1.807, 2.05) is 13.8 Å². The van der Waals surface area contributed by atoms with Gasteiger partial charge in [0.1, 0.15) is 11.6 Å². The number of hydrogen-bond acceptors (Lipinski definition) is 5. The summed E-state index contributed by atoms with van der Waals surface area (Å²) in [4.78, 5) is 0. The third-order valence-electron chi connectivity index (χ3n) is 3.48. The van der Waals surface area contributed by atoms with E-state index in [1.165, 1.54) is 0 Å². The first-order chi connectivity index (χ1) is 8.72. The lowest BCUT2D eigenvalue weighted by Gasteiger charge is -2.17. The van der Waals surface area contributed by atoms with Crippen LogP contribution in [0, 0.1) is 25.2 Å². The summed E-state index contributed by atoms with van der Waals surface area (Å²) in [7, 11) is 0. The zero-order valence-corrected chi connectivity index (χ0v) is 11.0. The Balaban J connectivity index is 2.18. The van der Waals surface area contributed by atoms with Gasteiger partial charge < -0.3 is 10.6 Å². The lowest BCUT2D eigenvalue weighted by Crippen LogP contribution is -2.23. The summed E-state index contributed by atoms with van der Waals surface area (Å²) in [6, 6.07) is 2.61. The predicted octanol–water partition coefficient (Wildman–Crippen LogP) is 1.52. The van der Waals surface area contributed by atoms with Gasteiger partial charge in [0.25, 0.3) is 0 Å². The second-order valence-electron chi connectivity index (χ2n) is 4.77. The topological polar surface area (TPSA) is 73.6 Å². The molecule has 0 radical (unpaired) electrons. The highest BCUT2D eigenvalue weighted by Gasteiger charge is 2.16. The first-order valence-electron chi connectivity index (χ1n) is 6.43.